The monoisotopic (exact) mass is 571 g/mol. The van der Waals surface area contributed by atoms with Gasteiger partial charge in [0.15, 0.2) is 5.13 Å². The van der Waals surface area contributed by atoms with Gasteiger partial charge in [-0.2, -0.15) is 5.26 Å². The van der Waals surface area contributed by atoms with E-state index < -0.39 is 0 Å². The number of imidazole rings is 1. The second-order valence-electron chi connectivity index (χ2n) is 10.9. The zero-order valence-electron chi connectivity index (χ0n) is 23.5. The summed E-state index contributed by atoms with van der Waals surface area (Å²) in [6.45, 7) is 6.27. The molecule has 41 heavy (non-hydrogen) atoms. The number of halogens is 1. The molecule has 8 nitrogen and oxygen atoms in total. The first-order chi connectivity index (χ1) is 19.9. The number of nitriles is 1. The van der Waals surface area contributed by atoms with Crippen molar-refractivity contribution in [2.24, 2.45) is 0 Å². The van der Waals surface area contributed by atoms with Crippen LogP contribution in [-0.4, -0.2) is 69.8 Å². The van der Waals surface area contributed by atoms with E-state index in [1.54, 1.807) is 12.1 Å². The van der Waals surface area contributed by atoms with E-state index in [0.717, 1.165) is 75.4 Å². The van der Waals surface area contributed by atoms with Crippen molar-refractivity contribution in [3.05, 3.63) is 64.5 Å². The molecule has 0 saturated carbocycles. The normalized spacial score (nSPS) is 16.4. The van der Waals surface area contributed by atoms with E-state index in [4.69, 9.17) is 9.97 Å². The Morgan fingerprint density at radius 1 is 1.10 bits per heavy atom. The second kappa shape index (κ2) is 11.6. The minimum Gasteiger partial charge on any atom is -0.342 e. The van der Waals surface area contributed by atoms with Gasteiger partial charge in [0.25, 0.3) is 0 Å². The predicted molar refractivity (Wildman–Crippen MR) is 159 cm³/mol. The van der Waals surface area contributed by atoms with E-state index in [9.17, 15) is 14.4 Å². The average Bonchev–Trinajstić information content (AvgIpc) is 3.76. The molecule has 10 heteroatoms. The van der Waals surface area contributed by atoms with Gasteiger partial charge in [0.05, 0.1) is 12.2 Å². The van der Waals surface area contributed by atoms with Crippen molar-refractivity contribution in [3.8, 4) is 17.3 Å². The fourth-order valence-electron chi connectivity index (χ4n) is 6.04. The number of pyridine rings is 1. The number of piperidine rings is 1. The number of carbonyl (C=O) groups excluding carboxylic acids is 1. The molecular formula is C31H34FN7OS. The van der Waals surface area contributed by atoms with Crippen LogP contribution in [0.25, 0.3) is 16.9 Å². The van der Waals surface area contributed by atoms with Crippen LogP contribution in [0.2, 0.25) is 0 Å². The third-order valence-electron chi connectivity index (χ3n) is 8.34. The molecule has 2 aliphatic heterocycles. The van der Waals surface area contributed by atoms with Crippen LogP contribution >= 0.6 is 11.3 Å². The van der Waals surface area contributed by atoms with Gasteiger partial charge < -0.3 is 9.80 Å². The first-order valence-corrected chi connectivity index (χ1v) is 15.2. The zero-order chi connectivity index (χ0) is 28.5. The topological polar surface area (TPSA) is 80.8 Å². The van der Waals surface area contributed by atoms with Crippen molar-refractivity contribution < 1.29 is 9.18 Å². The van der Waals surface area contributed by atoms with Crippen molar-refractivity contribution in [3.63, 3.8) is 0 Å². The maximum absolute atomic E-state index is 13.5. The van der Waals surface area contributed by atoms with E-state index in [0.29, 0.717) is 33.7 Å². The van der Waals surface area contributed by atoms with Crippen LogP contribution in [0.3, 0.4) is 0 Å². The predicted octanol–water partition coefficient (Wildman–Crippen LogP) is 5.60. The number of rotatable bonds is 7. The molecule has 1 amide bonds. The number of hydrogen-bond acceptors (Lipinski definition) is 7. The molecule has 2 aliphatic rings. The number of anilines is 2. The Morgan fingerprint density at radius 3 is 2.51 bits per heavy atom. The van der Waals surface area contributed by atoms with E-state index in [1.165, 1.54) is 29.0 Å². The molecular weight excluding hydrogens is 537 g/mol. The molecule has 2 saturated heterocycles. The van der Waals surface area contributed by atoms with Crippen LogP contribution in [0.1, 0.15) is 54.7 Å². The lowest BCUT2D eigenvalue weighted by molar-refractivity contribution is -0.131. The fourth-order valence-corrected chi connectivity index (χ4v) is 6.88. The molecule has 0 atom stereocenters. The number of fused-ring (bicyclic) bond motifs is 1. The maximum atomic E-state index is 13.5. The number of carbonyl (C=O) groups is 1. The largest absolute Gasteiger partial charge is 0.342 e. The van der Waals surface area contributed by atoms with Crippen LogP contribution in [-0.2, 0) is 11.2 Å². The Kier molecular flexibility index (Phi) is 7.73. The van der Waals surface area contributed by atoms with Crippen molar-refractivity contribution in [2.75, 3.05) is 44.7 Å². The Morgan fingerprint density at radius 2 is 1.83 bits per heavy atom. The molecule has 3 aromatic heterocycles. The molecule has 2 fully saturated rings. The molecule has 6 rings (SSSR count). The summed E-state index contributed by atoms with van der Waals surface area (Å²) in [5, 5.41) is 10.5. The second-order valence-corrected chi connectivity index (χ2v) is 11.9. The van der Waals surface area contributed by atoms with Gasteiger partial charge in [0.2, 0.25) is 5.91 Å². The van der Waals surface area contributed by atoms with Gasteiger partial charge in [-0.3, -0.25) is 14.1 Å². The van der Waals surface area contributed by atoms with E-state index in [-0.39, 0.29) is 11.7 Å². The van der Waals surface area contributed by atoms with Crippen molar-refractivity contribution >= 4 is 33.8 Å². The first-order valence-electron chi connectivity index (χ1n) is 14.4. The van der Waals surface area contributed by atoms with Crippen molar-refractivity contribution in [1.29, 1.82) is 5.26 Å². The summed E-state index contributed by atoms with van der Waals surface area (Å²) in [5.41, 5.74) is 4.36. The van der Waals surface area contributed by atoms with Crippen LogP contribution in [0, 0.1) is 17.1 Å². The van der Waals surface area contributed by atoms with Crippen LogP contribution in [0.5, 0.6) is 0 Å². The average molecular weight is 572 g/mol. The molecule has 0 bridgehead atoms. The smallest absolute Gasteiger partial charge is 0.236 e. The van der Waals surface area contributed by atoms with Crippen LogP contribution < -0.4 is 4.90 Å². The first kappa shape index (κ1) is 27.4. The lowest BCUT2D eigenvalue weighted by Crippen LogP contribution is -2.42. The highest BCUT2D eigenvalue weighted by Crippen LogP contribution is 2.37. The summed E-state index contributed by atoms with van der Waals surface area (Å²) < 4.78 is 15.7. The molecule has 0 aliphatic carbocycles. The number of thiazole rings is 1. The van der Waals surface area contributed by atoms with Crippen molar-refractivity contribution in [1.82, 2.24) is 24.2 Å². The Bertz CT molecular complexity index is 1590. The molecule has 212 valence electrons. The molecule has 0 N–H and O–H groups in total. The minimum atomic E-state index is -0.324. The fraction of sp³-hybridized carbons (Fsp3) is 0.419. The van der Waals surface area contributed by atoms with Gasteiger partial charge in [0.1, 0.15) is 33.9 Å². The molecule has 4 aromatic rings. The number of aromatic nitrogens is 3. The van der Waals surface area contributed by atoms with Crippen molar-refractivity contribution in [2.45, 2.75) is 44.9 Å². The highest BCUT2D eigenvalue weighted by Gasteiger charge is 2.27. The summed E-state index contributed by atoms with van der Waals surface area (Å²) in [5.74, 6) is 1.29. The Balaban J connectivity index is 1.24. The molecule has 1 aromatic carbocycles. The maximum Gasteiger partial charge on any atom is 0.236 e. The number of nitrogens with zero attached hydrogens (tertiary/aromatic N) is 7. The summed E-state index contributed by atoms with van der Waals surface area (Å²) in [4.78, 5) is 29.1. The quantitative estimate of drug-likeness (QED) is 0.287. The molecule has 0 radical (unpaired) electrons. The number of aryl methyl sites for hydroxylation is 1. The van der Waals surface area contributed by atoms with Gasteiger partial charge in [-0.25, -0.2) is 14.4 Å². The van der Waals surface area contributed by atoms with Gasteiger partial charge in [-0.1, -0.05) is 24.3 Å². The van der Waals surface area contributed by atoms with E-state index in [2.05, 4.69) is 40.6 Å². The molecule has 5 heterocycles. The zero-order valence-corrected chi connectivity index (χ0v) is 24.3. The number of amides is 1. The van der Waals surface area contributed by atoms with Crippen LogP contribution in [0.15, 0.2) is 42.6 Å². The molecule has 0 spiro atoms. The Labute approximate surface area is 243 Å². The van der Waals surface area contributed by atoms with Crippen LogP contribution in [0.4, 0.5) is 15.3 Å². The van der Waals surface area contributed by atoms with E-state index >= 15 is 0 Å². The van der Waals surface area contributed by atoms with Gasteiger partial charge in [-0.15, -0.1) is 0 Å². The summed E-state index contributed by atoms with van der Waals surface area (Å²) >= 11 is 1.32. The number of benzene rings is 1. The summed E-state index contributed by atoms with van der Waals surface area (Å²) in [7, 11) is 1.96. The third kappa shape index (κ3) is 5.44. The SMILES string of the molecule is CCc1nc2ccc(C3CCN(CC(=O)N4CCCC4)CC3)cn2c1N(C)c1nc(-c2ccc(F)cc2)c(C#N)s1. The highest BCUT2D eigenvalue weighted by atomic mass is 32.1. The van der Waals surface area contributed by atoms with Gasteiger partial charge in [-0.05, 0) is 87.0 Å². The lowest BCUT2D eigenvalue weighted by Gasteiger charge is -2.32. The highest BCUT2D eigenvalue weighted by molar-refractivity contribution is 7.16. The van der Waals surface area contributed by atoms with Gasteiger partial charge >= 0.3 is 0 Å². The van der Waals surface area contributed by atoms with E-state index in [1.807, 2.05) is 16.8 Å². The lowest BCUT2D eigenvalue weighted by atomic mass is 9.90. The standard InChI is InChI=1S/C31H34FN7OS/c1-3-25-30(36(2)31-35-29(26(18-33)41-31)22-6-9-24(32)10-7-22)39-19-23(8-11-27(39)34-25)21-12-16-37(17-13-21)20-28(40)38-14-4-5-15-38/h6-11,19,21H,3-5,12-17,20H2,1-2H3. The van der Waals surface area contributed by atoms with Gasteiger partial charge in [0, 0.05) is 31.9 Å². The third-order valence-corrected chi connectivity index (χ3v) is 9.37. The number of hydrogen-bond donors (Lipinski definition) is 0. The summed E-state index contributed by atoms with van der Waals surface area (Å²) in [6.07, 6.45) is 7.22. The molecule has 0 unspecified atom stereocenters. The summed E-state index contributed by atoms with van der Waals surface area (Å²) in [6, 6.07) is 12.6. The Hall–Kier alpha value is -3.81. The minimum absolute atomic E-state index is 0.268. The number of likely N-dealkylation sites (tertiary alicyclic amines) is 2.